The molecule has 0 fully saturated rings. The Bertz CT molecular complexity index is 1950. The van der Waals surface area contributed by atoms with Gasteiger partial charge in [-0.15, -0.1) is 0 Å². The van der Waals surface area contributed by atoms with Crippen LogP contribution in [0.3, 0.4) is 0 Å². The van der Waals surface area contributed by atoms with Crippen molar-refractivity contribution in [2.75, 3.05) is 14.2 Å². The molecular weight excluding hydrogens is 560 g/mol. The molecule has 11 heteroatoms. The molecule has 218 valence electrons. The van der Waals surface area contributed by atoms with Crippen LogP contribution in [0.15, 0.2) is 77.9 Å². The lowest BCUT2D eigenvalue weighted by Gasteiger charge is -2.14. The van der Waals surface area contributed by atoms with Gasteiger partial charge in [0.25, 0.3) is 5.91 Å². The van der Waals surface area contributed by atoms with Crippen molar-refractivity contribution in [1.29, 1.82) is 0 Å². The van der Waals surface area contributed by atoms with Gasteiger partial charge in [0.2, 0.25) is 5.43 Å². The lowest BCUT2D eigenvalue weighted by molar-refractivity contribution is 0.0977. The fourth-order valence-electron chi connectivity index (χ4n) is 4.79. The van der Waals surface area contributed by atoms with E-state index in [0.29, 0.717) is 28.2 Å². The summed E-state index contributed by atoms with van der Waals surface area (Å²) in [4.78, 5) is 43.2. The lowest BCUT2D eigenvalue weighted by Crippen LogP contribution is -2.28. The second-order valence-electron chi connectivity index (χ2n) is 9.58. The van der Waals surface area contributed by atoms with Crippen molar-refractivity contribution in [3.8, 4) is 34.1 Å². The molecule has 0 radical (unpaired) electrons. The molecule has 3 aromatic carbocycles. The maximum Gasteiger partial charge on any atom is 0.266 e. The van der Waals surface area contributed by atoms with Crippen LogP contribution in [0.2, 0.25) is 0 Å². The number of carbonyl (C=O) groups excluding carboxylic acids is 2. The van der Waals surface area contributed by atoms with Gasteiger partial charge in [-0.3, -0.25) is 19.4 Å². The van der Waals surface area contributed by atoms with E-state index in [2.05, 4.69) is 4.98 Å². The number of rotatable bonds is 9. The molecule has 0 spiro atoms. The van der Waals surface area contributed by atoms with Crippen molar-refractivity contribution in [3.63, 3.8) is 0 Å². The minimum atomic E-state index is -0.893. The quantitative estimate of drug-likeness (QED) is 0.236. The normalized spacial score (nSPS) is 10.9. The lowest BCUT2D eigenvalue weighted by atomic mass is 9.97. The number of nitrogens with zero attached hydrogens (tertiary/aromatic N) is 2. The van der Waals surface area contributed by atoms with E-state index in [0.717, 1.165) is 18.2 Å². The number of aryl methyl sites for hydroxylation is 1. The first-order valence-electron chi connectivity index (χ1n) is 12.9. The Morgan fingerprint density at radius 3 is 2.26 bits per heavy atom. The van der Waals surface area contributed by atoms with E-state index < -0.39 is 28.8 Å². The molecule has 5 rings (SSSR count). The van der Waals surface area contributed by atoms with Gasteiger partial charge in [-0.2, -0.15) is 0 Å². The first-order valence-corrected chi connectivity index (χ1v) is 12.9. The van der Waals surface area contributed by atoms with Crippen LogP contribution >= 0.6 is 0 Å². The molecule has 9 nitrogen and oxygen atoms in total. The number of halogens is 2. The summed E-state index contributed by atoms with van der Waals surface area (Å²) in [5.41, 5.74) is 5.31. The molecule has 0 aliphatic rings. The molecule has 2 N–H and O–H groups in total. The Kier molecular flexibility index (Phi) is 7.89. The van der Waals surface area contributed by atoms with Gasteiger partial charge in [0.15, 0.2) is 28.8 Å². The van der Waals surface area contributed by atoms with Crippen molar-refractivity contribution < 1.29 is 32.6 Å². The number of carbonyl (C=O) groups is 2. The van der Waals surface area contributed by atoms with Crippen LogP contribution in [-0.4, -0.2) is 35.5 Å². The summed E-state index contributed by atoms with van der Waals surface area (Å²) in [5, 5.41) is 0.561. The predicted molar refractivity (Wildman–Crippen MR) is 155 cm³/mol. The number of benzene rings is 3. The van der Waals surface area contributed by atoms with Crippen molar-refractivity contribution in [3.05, 3.63) is 112 Å². The molecule has 0 atom stereocenters. The van der Waals surface area contributed by atoms with Crippen molar-refractivity contribution in [2.45, 2.75) is 6.42 Å². The molecular formula is C32H25F2N3O6. The number of hydrogen-bond acceptors (Lipinski definition) is 7. The smallest absolute Gasteiger partial charge is 0.266 e. The zero-order valence-electron chi connectivity index (χ0n) is 23.3. The van der Waals surface area contributed by atoms with Gasteiger partial charge >= 0.3 is 0 Å². The maximum atomic E-state index is 15.2. The highest BCUT2D eigenvalue weighted by atomic mass is 19.1. The number of methoxy groups -OCH3 is 2. The number of Topliss-reactive ketones (excluding diaryl/α,β-unsaturated/α-hetero) is 1. The average Bonchev–Trinajstić information content (AvgIpc) is 2.99. The second kappa shape index (κ2) is 11.7. The summed E-state index contributed by atoms with van der Waals surface area (Å²) in [6.45, 7) is 0. The number of nitrogens with two attached hydrogens (primary N) is 1. The maximum absolute atomic E-state index is 15.2. The van der Waals surface area contributed by atoms with Crippen molar-refractivity contribution in [1.82, 2.24) is 9.55 Å². The third kappa shape index (κ3) is 5.65. The van der Waals surface area contributed by atoms with Crippen LogP contribution in [0.5, 0.6) is 23.0 Å². The Hall–Kier alpha value is -5.58. The third-order valence-corrected chi connectivity index (χ3v) is 6.84. The second-order valence-corrected chi connectivity index (χ2v) is 9.58. The first-order chi connectivity index (χ1) is 20.6. The highest BCUT2D eigenvalue weighted by molar-refractivity contribution is 6.02. The van der Waals surface area contributed by atoms with Gasteiger partial charge in [-0.1, -0.05) is 18.2 Å². The summed E-state index contributed by atoms with van der Waals surface area (Å²) in [5.74, 6) is -1.65. The highest BCUT2D eigenvalue weighted by Crippen LogP contribution is 2.37. The average molecular weight is 586 g/mol. The molecule has 0 aliphatic carbocycles. The van der Waals surface area contributed by atoms with E-state index in [1.165, 1.54) is 62.5 Å². The number of fused-ring (bicyclic) bond motifs is 1. The molecule has 0 saturated heterocycles. The molecule has 0 unspecified atom stereocenters. The number of aromatic nitrogens is 2. The topological polar surface area (TPSA) is 123 Å². The van der Waals surface area contributed by atoms with Crippen molar-refractivity contribution in [2.24, 2.45) is 12.8 Å². The molecule has 2 heterocycles. The van der Waals surface area contributed by atoms with Crippen LogP contribution in [0.4, 0.5) is 8.78 Å². The van der Waals surface area contributed by atoms with Crippen LogP contribution < -0.4 is 25.4 Å². The summed E-state index contributed by atoms with van der Waals surface area (Å²) < 4.78 is 46.5. The highest BCUT2D eigenvalue weighted by Gasteiger charge is 2.23. The number of ether oxygens (including phenoxy) is 3. The SMILES string of the molecule is COc1cc2nccc(Oc3ccc(CC(=O)c4cn(C)c(C(N)=O)c(-c5ccc(F)cc5)c4=O)cc3F)c2cc1OC. The molecule has 2 aromatic heterocycles. The molecule has 43 heavy (non-hydrogen) atoms. The van der Waals surface area contributed by atoms with E-state index in [1.807, 2.05) is 0 Å². The Labute approximate surface area is 244 Å². The van der Waals surface area contributed by atoms with E-state index in [-0.39, 0.29) is 40.1 Å². The monoisotopic (exact) mass is 585 g/mol. The number of pyridine rings is 2. The van der Waals surface area contributed by atoms with Gasteiger partial charge in [-0.25, -0.2) is 8.78 Å². The summed E-state index contributed by atoms with van der Waals surface area (Å²) in [7, 11) is 4.46. The van der Waals surface area contributed by atoms with Gasteiger partial charge in [0, 0.05) is 37.3 Å². The number of ketones is 1. The molecule has 0 bridgehead atoms. The fourth-order valence-corrected chi connectivity index (χ4v) is 4.79. The van der Waals surface area contributed by atoms with Gasteiger partial charge < -0.3 is 24.5 Å². The summed E-state index contributed by atoms with van der Waals surface area (Å²) >= 11 is 0. The van der Waals surface area contributed by atoms with Crippen LogP contribution in [0.1, 0.15) is 26.4 Å². The van der Waals surface area contributed by atoms with Crippen LogP contribution in [0.25, 0.3) is 22.0 Å². The van der Waals surface area contributed by atoms with Gasteiger partial charge in [0.1, 0.15) is 17.3 Å². The largest absolute Gasteiger partial charge is 0.493 e. The van der Waals surface area contributed by atoms with Crippen LogP contribution in [-0.2, 0) is 13.5 Å². The van der Waals surface area contributed by atoms with E-state index in [9.17, 15) is 18.8 Å². The fraction of sp³-hybridized carbons (Fsp3) is 0.125. The van der Waals surface area contributed by atoms with Gasteiger partial charge in [-0.05, 0) is 47.5 Å². The van der Waals surface area contributed by atoms with Crippen molar-refractivity contribution >= 4 is 22.6 Å². The molecule has 0 aliphatic heterocycles. The minimum absolute atomic E-state index is 0.0983. The number of hydrogen-bond donors (Lipinski definition) is 1. The Morgan fingerprint density at radius 2 is 1.60 bits per heavy atom. The standard InChI is InChI=1S/C32H25F2N3O6/c1-37-16-21(31(39)29(30(37)32(35)40)18-5-7-19(33)8-6-18)24(38)13-17-4-9-26(22(34)12-17)43-25-10-11-36-23-15-28(42-3)27(41-2)14-20(23)25/h4-12,14-16H,13H2,1-3H3,(H2,35,40). The summed E-state index contributed by atoms with van der Waals surface area (Å²) in [6, 6.07) is 13.8. The zero-order chi connectivity index (χ0) is 30.8. The third-order valence-electron chi connectivity index (χ3n) is 6.84. The predicted octanol–water partition coefficient (Wildman–Crippen LogP) is 5.21. The van der Waals surface area contributed by atoms with Crippen LogP contribution in [0, 0.1) is 11.6 Å². The zero-order valence-corrected chi connectivity index (χ0v) is 23.3. The first kappa shape index (κ1) is 28.9. The number of amides is 1. The minimum Gasteiger partial charge on any atom is -0.493 e. The van der Waals surface area contributed by atoms with E-state index in [4.69, 9.17) is 19.9 Å². The van der Waals surface area contributed by atoms with Gasteiger partial charge in [0.05, 0.1) is 30.9 Å². The Balaban J connectivity index is 1.45. The molecule has 1 amide bonds. The Morgan fingerprint density at radius 1 is 0.907 bits per heavy atom. The molecule has 5 aromatic rings. The summed E-state index contributed by atoms with van der Waals surface area (Å²) in [6.07, 6.45) is 2.41. The molecule has 0 saturated carbocycles. The van der Waals surface area contributed by atoms with E-state index in [1.54, 1.807) is 18.2 Å². The number of primary amides is 1. The van der Waals surface area contributed by atoms with E-state index >= 15 is 4.39 Å².